The van der Waals surface area contributed by atoms with Crippen LogP contribution in [0, 0.1) is 11.8 Å². The van der Waals surface area contributed by atoms with E-state index >= 15 is 0 Å². The molecule has 0 radical (unpaired) electrons. The summed E-state index contributed by atoms with van der Waals surface area (Å²) in [4.78, 5) is 37.6. The van der Waals surface area contributed by atoms with Crippen LogP contribution >= 0.6 is 0 Å². The van der Waals surface area contributed by atoms with E-state index in [9.17, 15) is 14.4 Å². The number of hydrogen-bond acceptors (Lipinski definition) is 6. The second-order valence-electron chi connectivity index (χ2n) is 16.3. The lowest BCUT2D eigenvalue weighted by Gasteiger charge is -2.18. The Morgan fingerprint density at radius 3 is 0.961 bits per heavy atom. The first kappa shape index (κ1) is 49.4. The summed E-state index contributed by atoms with van der Waals surface area (Å²) in [5.41, 5.74) is 0. The molecule has 0 bridgehead atoms. The number of ether oxygens (including phenoxy) is 3. The summed E-state index contributed by atoms with van der Waals surface area (Å²) in [6.07, 6.45) is 35.2. The average molecular weight is 723 g/mol. The van der Waals surface area contributed by atoms with E-state index in [0.717, 1.165) is 69.6 Å². The van der Waals surface area contributed by atoms with Crippen LogP contribution in [-0.2, 0) is 28.6 Å². The van der Waals surface area contributed by atoms with Crippen LogP contribution in [0.5, 0.6) is 0 Å². The van der Waals surface area contributed by atoms with Crippen LogP contribution in [-0.4, -0.2) is 37.2 Å². The highest BCUT2D eigenvalue weighted by Crippen LogP contribution is 2.16. The molecule has 0 amide bonds. The molecule has 0 spiro atoms. The van der Waals surface area contributed by atoms with E-state index in [1.165, 1.54) is 128 Å². The molecule has 0 aliphatic carbocycles. The van der Waals surface area contributed by atoms with Crippen molar-refractivity contribution in [3.8, 4) is 0 Å². The Bertz CT molecular complexity index is 779. The minimum absolute atomic E-state index is 0.0657. The molecule has 0 rings (SSSR count). The third-order valence-corrected chi connectivity index (χ3v) is 9.97. The summed E-state index contributed by atoms with van der Waals surface area (Å²) in [7, 11) is 0. The van der Waals surface area contributed by atoms with E-state index in [1.54, 1.807) is 0 Å². The second-order valence-corrected chi connectivity index (χ2v) is 16.3. The number of carbonyl (C=O) groups is 3. The van der Waals surface area contributed by atoms with E-state index in [1.807, 2.05) is 0 Å². The van der Waals surface area contributed by atoms with Crippen LogP contribution in [0.4, 0.5) is 0 Å². The molecule has 0 heterocycles. The van der Waals surface area contributed by atoms with Crippen LogP contribution < -0.4 is 0 Å². The molecule has 1 atom stereocenters. The smallest absolute Gasteiger partial charge is 0.306 e. The largest absolute Gasteiger partial charge is 0.462 e. The molecular weight excluding hydrogens is 636 g/mol. The Hall–Kier alpha value is -1.59. The van der Waals surface area contributed by atoms with Gasteiger partial charge in [-0.2, -0.15) is 0 Å². The molecule has 6 heteroatoms. The van der Waals surface area contributed by atoms with Crippen molar-refractivity contribution in [2.45, 2.75) is 246 Å². The van der Waals surface area contributed by atoms with E-state index in [-0.39, 0.29) is 31.1 Å². The second kappa shape index (κ2) is 38.1. The van der Waals surface area contributed by atoms with Crippen molar-refractivity contribution in [3.63, 3.8) is 0 Å². The number of rotatable bonds is 39. The normalized spacial score (nSPS) is 12.1. The Morgan fingerprint density at radius 1 is 0.373 bits per heavy atom. The topological polar surface area (TPSA) is 78.9 Å². The first-order valence-electron chi connectivity index (χ1n) is 22.2. The first-order chi connectivity index (χ1) is 24.7. The Morgan fingerprint density at radius 2 is 0.647 bits per heavy atom. The zero-order chi connectivity index (χ0) is 37.6. The predicted octanol–water partition coefficient (Wildman–Crippen LogP) is 13.8. The molecule has 0 aromatic carbocycles. The average Bonchev–Trinajstić information content (AvgIpc) is 3.09. The van der Waals surface area contributed by atoms with Crippen molar-refractivity contribution < 1.29 is 28.6 Å². The van der Waals surface area contributed by atoms with Crippen molar-refractivity contribution >= 4 is 17.9 Å². The van der Waals surface area contributed by atoms with Gasteiger partial charge in [-0.3, -0.25) is 14.4 Å². The third-order valence-electron chi connectivity index (χ3n) is 9.97. The van der Waals surface area contributed by atoms with Crippen LogP contribution in [0.15, 0.2) is 0 Å². The fraction of sp³-hybridized carbons (Fsp3) is 0.933. The summed E-state index contributed by atoms with van der Waals surface area (Å²) in [6, 6.07) is 0. The van der Waals surface area contributed by atoms with E-state index in [2.05, 4.69) is 34.6 Å². The number of unbranched alkanes of at least 4 members (excludes halogenated alkanes) is 24. The summed E-state index contributed by atoms with van der Waals surface area (Å²) in [6.45, 7) is 11.3. The van der Waals surface area contributed by atoms with Gasteiger partial charge in [0.1, 0.15) is 13.2 Å². The molecule has 0 saturated carbocycles. The molecule has 0 aliphatic rings. The summed E-state index contributed by atoms with van der Waals surface area (Å²) < 4.78 is 16.7. The number of carbonyl (C=O) groups excluding carboxylic acids is 3. The Balaban J connectivity index is 4.30. The van der Waals surface area contributed by atoms with Gasteiger partial charge in [0.15, 0.2) is 6.10 Å². The van der Waals surface area contributed by atoms with Crippen molar-refractivity contribution in [2.75, 3.05) is 13.2 Å². The SMILES string of the molecule is CCCCCCCCCCCC(=O)OC[C@@H](COC(=O)CCCCCCCCCCCCCC(C)C)OC(=O)CCCCCCCCCC(C)C. The molecule has 0 N–H and O–H groups in total. The molecule has 0 unspecified atom stereocenters. The van der Waals surface area contributed by atoms with Gasteiger partial charge in [0.2, 0.25) is 0 Å². The van der Waals surface area contributed by atoms with Crippen LogP contribution in [0.1, 0.15) is 240 Å². The van der Waals surface area contributed by atoms with Gasteiger partial charge >= 0.3 is 17.9 Å². The van der Waals surface area contributed by atoms with Crippen molar-refractivity contribution in [3.05, 3.63) is 0 Å². The van der Waals surface area contributed by atoms with E-state index < -0.39 is 6.10 Å². The molecule has 6 nitrogen and oxygen atoms in total. The first-order valence-corrected chi connectivity index (χ1v) is 22.2. The molecule has 0 saturated heterocycles. The maximum absolute atomic E-state index is 12.7. The Kier molecular flexibility index (Phi) is 37.0. The molecule has 0 aromatic heterocycles. The molecule has 0 aliphatic heterocycles. The predicted molar refractivity (Wildman–Crippen MR) is 215 cm³/mol. The van der Waals surface area contributed by atoms with Gasteiger partial charge in [-0.25, -0.2) is 0 Å². The zero-order valence-electron chi connectivity index (χ0n) is 34.7. The standard InChI is InChI=1S/C45H86O6/c1-6-7-8-9-10-14-20-25-30-35-43(46)49-38-42(51-45(48)37-32-27-22-17-19-24-29-34-41(4)5)39-50-44(47)36-31-26-21-16-13-11-12-15-18-23-28-33-40(2)3/h40-42H,6-39H2,1-5H3/t42-/m0/s1. The summed E-state index contributed by atoms with van der Waals surface area (Å²) >= 11 is 0. The lowest BCUT2D eigenvalue weighted by molar-refractivity contribution is -0.167. The highest BCUT2D eigenvalue weighted by Gasteiger charge is 2.19. The maximum Gasteiger partial charge on any atom is 0.306 e. The fourth-order valence-electron chi connectivity index (χ4n) is 6.58. The molecule has 0 aromatic rings. The molecular formula is C45H86O6. The minimum atomic E-state index is -0.760. The lowest BCUT2D eigenvalue weighted by atomic mass is 10.0. The van der Waals surface area contributed by atoms with E-state index in [0.29, 0.717) is 19.3 Å². The molecule has 302 valence electrons. The highest BCUT2D eigenvalue weighted by atomic mass is 16.6. The van der Waals surface area contributed by atoms with E-state index in [4.69, 9.17) is 14.2 Å². The van der Waals surface area contributed by atoms with Crippen LogP contribution in [0.25, 0.3) is 0 Å². The van der Waals surface area contributed by atoms with Gasteiger partial charge in [0.05, 0.1) is 0 Å². The van der Waals surface area contributed by atoms with Crippen molar-refractivity contribution in [1.82, 2.24) is 0 Å². The summed E-state index contributed by atoms with van der Waals surface area (Å²) in [5, 5.41) is 0. The van der Waals surface area contributed by atoms with Gasteiger partial charge in [-0.05, 0) is 31.1 Å². The lowest BCUT2D eigenvalue weighted by Crippen LogP contribution is -2.30. The Labute approximate surface area is 317 Å². The van der Waals surface area contributed by atoms with Crippen molar-refractivity contribution in [2.24, 2.45) is 11.8 Å². The monoisotopic (exact) mass is 723 g/mol. The fourth-order valence-corrected chi connectivity index (χ4v) is 6.58. The van der Waals surface area contributed by atoms with Crippen LogP contribution in [0.2, 0.25) is 0 Å². The quantitative estimate of drug-likeness (QED) is 0.0357. The zero-order valence-corrected chi connectivity index (χ0v) is 34.7. The molecule has 0 fully saturated rings. The van der Waals surface area contributed by atoms with Gasteiger partial charge in [-0.15, -0.1) is 0 Å². The van der Waals surface area contributed by atoms with Crippen LogP contribution in [0.3, 0.4) is 0 Å². The van der Waals surface area contributed by atoms with Gasteiger partial charge in [0.25, 0.3) is 0 Å². The highest BCUT2D eigenvalue weighted by molar-refractivity contribution is 5.71. The number of hydrogen-bond donors (Lipinski definition) is 0. The van der Waals surface area contributed by atoms with Gasteiger partial charge in [0, 0.05) is 19.3 Å². The minimum Gasteiger partial charge on any atom is -0.462 e. The summed E-state index contributed by atoms with van der Waals surface area (Å²) in [5.74, 6) is 0.741. The van der Waals surface area contributed by atoms with Crippen molar-refractivity contribution in [1.29, 1.82) is 0 Å². The molecule has 51 heavy (non-hydrogen) atoms. The third kappa shape index (κ3) is 39.5. The van der Waals surface area contributed by atoms with Gasteiger partial charge in [-0.1, -0.05) is 202 Å². The number of esters is 3. The maximum atomic E-state index is 12.7. The van der Waals surface area contributed by atoms with Gasteiger partial charge < -0.3 is 14.2 Å².